The Kier molecular flexibility index (Phi) is 5.76. The standard InChI is InChI=1S/C20H18N2O3S/c1-2-14-8-10-16(11-9-14)21-18(23)12-25-20(24)17-13-26-19(22-17)15-6-4-3-5-7-15/h3-11,13H,2,12H2,1H3,(H,21,23). The number of thiazole rings is 1. The summed E-state index contributed by atoms with van der Waals surface area (Å²) in [5.74, 6) is -0.999. The van der Waals surface area contributed by atoms with E-state index in [-0.39, 0.29) is 18.2 Å². The summed E-state index contributed by atoms with van der Waals surface area (Å²) in [5, 5.41) is 5.06. The smallest absolute Gasteiger partial charge is 0.358 e. The largest absolute Gasteiger partial charge is 0.451 e. The van der Waals surface area contributed by atoms with Crippen LogP contribution in [0.25, 0.3) is 10.6 Å². The summed E-state index contributed by atoms with van der Waals surface area (Å²) in [6.45, 7) is 1.71. The van der Waals surface area contributed by atoms with Crippen LogP contribution in [0.1, 0.15) is 23.0 Å². The van der Waals surface area contributed by atoms with Crippen LogP contribution in [0.3, 0.4) is 0 Å². The van der Waals surface area contributed by atoms with E-state index in [1.807, 2.05) is 54.6 Å². The number of carbonyl (C=O) groups is 2. The summed E-state index contributed by atoms with van der Waals surface area (Å²) in [6, 6.07) is 17.1. The SMILES string of the molecule is CCc1ccc(NC(=O)COC(=O)c2csc(-c3ccccc3)n2)cc1. The number of nitrogens with zero attached hydrogens (tertiary/aromatic N) is 1. The van der Waals surface area contributed by atoms with Crippen molar-refractivity contribution >= 4 is 28.9 Å². The Morgan fingerprint density at radius 1 is 1.08 bits per heavy atom. The summed E-state index contributed by atoms with van der Waals surface area (Å²) >= 11 is 1.36. The van der Waals surface area contributed by atoms with Gasteiger partial charge in [0.15, 0.2) is 12.3 Å². The zero-order chi connectivity index (χ0) is 18.4. The fourth-order valence-corrected chi connectivity index (χ4v) is 3.10. The molecule has 0 radical (unpaired) electrons. The summed E-state index contributed by atoms with van der Waals surface area (Å²) in [6.07, 6.45) is 0.935. The van der Waals surface area contributed by atoms with Gasteiger partial charge in [0.1, 0.15) is 5.01 Å². The minimum Gasteiger partial charge on any atom is -0.451 e. The molecule has 0 aliphatic heterocycles. The zero-order valence-corrected chi connectivity index (χ0v) is 15.1. The highest BCUT2D eigenvalue weighted by Crippen LogP contribution is 2.23. The van der Waals surface area contributed by atoms with Gasteiger partial charge in [0.25, 0.3) is 5.91 Å². The van der Waals surface area contributed by atoms with Crippen LogP contribution in [0.2, 0.25) is 0 Å². The molecular formula is C20H18N2O3S. The quantitative estimate of drug-likeness (QED) is 0.665. The number of rotatable bonds is 6. The van der Waals surface area contributed by atoms with Gasteiger partial charge in [0.2, 0.25) is 0 Å². The van der Waals surface area contributed by atoms with E-state index in [4.69, 9.17) is 4.74 Å². The Morgan fingerprint density at radius 3 is 2.50 bits per heavy atom. The molecule has 0 bridgehead atoms. The van der Waals surface area contributed by atoms with Crippen LogP contribution in [-0.4, -0.2) is 23.5 Å². The van der Waals surface area contributed by atoms with E-state index in [1.54, 1.807) is 5.38 Å². The molecule has 3 aromatic rings. The van der Waals surface area contributed by atoms with Crippen molar-refractivity contribution in [3.05, 3.63) is 71.2 Å². The van der Waals surface area contributed by atoms with Gasteiger partial charge in [-0.2, -0.15) is 0 Å². The maximum Gasteiger partial charge on any atom is 0.358 e. The number of amides is 1. The Hall–Kier alpha value is -2.99. The number of hydrogen-bond acceptors (Lipinski definition) is 5. The van der Waals surface area contributed by atoms with Gasteiger partial charge < -0.3 is 10.1 Å². The fourth-order valence-electron chi connectivity index (χ4n) is 2.31. The predicted octanol–water partition coefficient (Wildman–Crippen LogP) is 4.17. The Bertz CT molecular complexity index is 889. The number of aromatic nitrogens is 1. The molecule has 0 atom stereocenters. The molecule has 1 heterocycles. The van der Waals surface area contributed by atoms with Crippen molar-refractivity contribution in [2.24, 2.45) is 0 Å². The molecule has 1 N–H and O–H groups in total. The fraction of sp³-hybridized carbons (Fsp3) is 0.150. The van der Waals surface area contributed by atoms with Crippen molar-refractivity contribution < 1.29 is 14.3 Å². The average Bonchev–Trinajstić information content (AvgIpc) is 3.18. The molecule has 0 aliphatic rings. The number of hydrogen-bond donors (Lipinski definition) is 1. The molecule has 132 valence electrons. The predicted molar refractivity (Wildman–Crippen MR) is 102 cm³/mol. The molecule has 0 fully saturated rings. The van der Waals surface area contributed by atoms with Gasteiger partial charge in [-0.3, -0.25) is 4.79 Å². The molecule has 3 rings (SSSR count). The molecule has 0 saturated carbocycles. The summed E-state index contributed by atoms with van der Waals surface area (Å²) in [5.41, 5.74) is 2.99. The van der Waals surface area contributed by atoms with Gasteiger partial charge in [-0.25, -0.2) is 9.78 Å². The lowest BCUT2D eigenvalue weighted by Gasteiger charge is -2.06. The third-order valence-corrected chi connectivity index (χ3v) is 4.61. The van der Waals surface area contributed by atoms with E-state index in [1.165, 1.54) is 16.9 Å². The lowest BCUT2D eigenvalue weighted by molar-refractivity contribution is -0.119. The molecule has 2 aromatic carbocycles. The number of nitrogens with one attached hydrogen (secondary N) is 1. The molecule has 5 nitrogen and oxygen atoms in total. The second-order valence-electron chi connectivity index (χ2n) is 5.58. The minimum absolute atomic E-state index is 0.203. The Labute approximate surface area is 155 Å². The summed E-state index contributed by atoms with van der Waals surface area (Å²) < 4.78 is 5.05. The number of esters is 1. The van der Waals surface area contributed by atoms with Crippen LogP contribution in [0.5, 0.6) is 0 Å². The summed E-state index contributed by atoms with van der Waals surface area (Å²) in [4.78, 5) is 28.3. The van der Waals surface area contributed by atoms with Crippen molar-refractivity contribution in [1.82, 2.24) is 4.98 Å². The normalized spacial score (nSPS) is 10.3. The maximum absolute atomic E-state index is 12.1. The maximum atomic E-state index is 12.1. The van der Waals surface area contributed by atoms with E-state index in [0.29, 0.717) is 5.69 Å². The lowest BCUT2D eigenvalue weighted by Crippen LogP contribution is -2.21. The van der Waals surface area contributed by atoms with Gasteiger partial charge in [-0.1, -0.05) is 49.4 Å². The second kappa shape index (κ2) is 8.40. The number of ether oxygens (including phenoxy) is 1. The second-order valence-corrected chi connectivity index (χ2v) is 6.44. The first-order valence-corrected chi connectivity index (χ1v) is 9.10. The van der Waals surface area contributed by atoms with Gasteiger partial charge in [-0.05, 0) is 24.1 Å². The van der Waals surface area contributed by atoms with Crippen LogP contribution in [0.15, 0.2) is 60.0 Å². The van der Waals surface area contributed by atoms with Crippen molar-refractivity contribution in [3.63, 3.8) is 0 Å². The van der Waals surface area contributed by atoms with Crippen molar-refractivity contribution in [1.29, 1.82) is 0 Å². The lowest BCUT2D eigenvalue weighted by atomic mass is 10.1. The molecule has 0 unspecified atom stereocenters. The van der Waals surface area contributed by atoms with Crippen LogP contribution < -0.4 is 5.32 Å². The topological polar surface area (TPSA) is 68.3 Å². The van der Waals surface area contributed by atoms with Crippen LogP contribution in [0.4, 0.5) is 5.69 Å². The van der Waals surface area contributed by atoms with E-state index >= 15 is 0 Å². The van der Waals surface area contributed by atoms with Crippen molar-refractivity contribution in [2.45, 2.75) is 13.3 Å². The number of aryl methyl sites for hydroxylation is 1. The highest BCUT2D eigenvalue weighted by Gasteiger charge is 2.15. The van der Waals surface area contributed by atoms with Crippen molar-refractivity contribution in [2.75, 3.05) is 11.9 Å². The van der Waals surface area contributed by atoms with E-state index in [0.717, 1.165) is 17.0 Å². The molecule has 1 aromatic heterocycles. The highest BCUT2D eigenvalue weighted by molar-refractivity contribution is 7.13. The van der Waals surface area contributed by atoms with E-state index in [9.17, 15) is 9.59 Å². The molecule has 1 amide bonds. The first kappa shape index (κ1) is 17.8. The minimum atomic E-state index is -0.611. The number of carbonyl (C=O) groups excluding carboxylic acids is 2. The van der Waals surface area contributed by atoms with Gasteiger partial charge in [0.05, 0.1) is 0 Å². The third-order valence-electron chi connectivity index (χ3n) is 3.71. The third kappa shape index (κ3) is 4.55. The first-order chi connectivity index (χ1) is 12.7. The Balaban J connectivity index is 1.53. The number of benzene rings is 2. The zero-order valence-electron chi connectivity index (χ0n) is 14.3. The average molecular weight is 366 g/mol. The van der Waals surface area contributed by atoms with E-state index < -0.39 is 5.97 Å². The highest BCUT2D eigenvalue weighted by atomic mass is 32.1. The van der Waals surface area contributed by atoms with Crippen LogP contribution in [-0.2, 0) is 16.0 Å². The molecular weight excluding hydrogens is 348 g/mol. The molecule has 0 aliphatic carbocycles. The molecule has 26 heavy (non-hydrogen) atoms. The number of anilines is 1. The van der Waals surface area contributed by atoms with Gasteiger partial charge >= 0.3 is 5.97 Å². The van der Waals surface area contributed by atoms with Gasteiger partial charge in [0, 0.05) is 16.6 Å². The van der Waals surface area contributed by atoms with Crippen LogP contribution in [0, 0.1) is 0 Å². The van der Waals surface area contributed by atoms with Crippen LogP contribution >= 0.6 is 11.3 Å². The molecule has 0 saturated heterocycles. The van der Waals surface area contributed by atoms with Crippen molar-refractivity contribution in [3.8, 4) is 10.6 Å². The summed E-state index contributed by atoms with van der Waals surface area (Å²) in [7, 11) is 0. The monoisotopic (exact) mass is 366 g/mol. The Morgan fingerprint density at radius 2 is 1.81 bits per heavy atom. The molecule has 6 heteroatoms. The first-order valence-electron chi connectivity index (χ1n) is 8.22. The van der Waals surface area contributed by atoms with Gasteiger partial charge in [-0.15, -0.1) is 11.3 Å². The van der Waals surface area contributed by atoms with E-state index in [2.05, 4.69) is 17.2 Å². The molecule has 0 spiro atoms.